The van der Waals surface area contributed by atoms with Gasteiger partial charge in [0.05, 0.1) is 6.61 Å². The lowest BCUT2D eigenvalue weighted by Gasteiger charge is -2.29. The molecule has 0 saturated heterocycles. The van der Waals surface area contributed by atoms with Gasteiger partial charge in [-0.05, 0) is 29.7 Å². The van der Waals surface area contributed by atoms with Crippen molar-refractivity contribution in [2.45, 2.75) is 59.3 Å². The monoisotopic (exact) mass is 276 g/mol. The first-order valence-electron chi connectivity index (χ1n) is 8.25. The Morgan fingerprint density at radius 2 is 1.70 bits per heavy atom. The molecular formula is C19H32O. The first-order chi connectivity index (χ1) is 9.60. The largest absolute Gasteiger partial charge is 0.396 e. The molecule has 0 heterocycles. The minimum absolute atomic E-state index is 0.254. The number of hydrogen-bond donors (Lipinski definition) is 1. The van der Waals surface area contributed by atoms with Gasteiger partial charge >= 0.3 is 0 Å². The highest BCUT2D eigenvalue weighted by atomic mass is 16.3. The van der Waals surface area contributed by atoms with Gasteiger partial charge in [0.1, 0.15) is 0 Å². The molecule has 1 nitrogen and oxygen atoms in total. The Kier molecular flexibility index (Phi) is 7.91. The van der Waals surface area contributed by atoms with Crippen LogP contribution < -0.4 is 0 Å². The van der Waals surface area contributed by atoms with Crippen LogP contribution in [0.4, 0.5) is 0 Å². The van der Waals surface area contributed by atoms with E-state index in [9.17, 15) is 5.11 Å². The lowest BCUT2D eigenvalue weighted by molar-refractivity contribution is 0.196. The summed E-state index contributed by atoms with van der Waals surface area (Å²) in [6.07, 6.45) is 5.15. The van der Waals surface area contributed by atoms with Gasteiger partial charge in [-0.25, -0.2) is 0 Å². The molecule has 1 aromatic carbocycles. The zero-order valence-corrected chi connectivity index (χ0v) is 13.7. The molecule has 0 aliphatic carbocycles. The summed E-state index contributed by atoms with van der Waals surface area (Å²) in [6, 6.07) is 10.5. The van der Waals surface area contributed by atoms with Crippen LogP contribution in [-0.2, 0) is 0 Å². The van der Waals surface area contributed by atoms with E-state index < -0.39 is 0 Å². The number of aliphatic hydroxyl groups is 1. The molecule has 20 heavy (non-hydrogen) atoms. The highest BCUT2D eigenvalue weighted by molar-refractivity contribution is 5.20. The van der Waals surface area contributed by atoms with Crippen LogP contribution in [0.5, 0.6) is 0 Å². The van der Waals surface area contributed by atoms with Crippen molar-refractivity contribution >= 4 is 0 Å². The van der Waals surface area contributed by atoms with Crippen molar-refractivity contribution in [2.75, 3.05) is 6.61 Å². The third-order valence-corrected chi connectivity index (χ3v) is 4.66. The zero-order valence-electron chi connectivity index (χ0n) is 13.7. The van der Waals surface area contributed by atoms with Gasteiger partial charge in [0, 0.05) is 5.92 Å². The van der Waals surface area contributed by atoms with Crippen LogP contribution in [0.15, 0.2) is 30.3 Å². The second-order valence-electron chi connectivity index (χ2n) is 6.56. The molecule has 0 radical (unpaired) electrons. The van der Waals surface area contributed by atoms with E-state index in [1.807, 2.05) is 6.07 Å². The minimum Gasteiger partial charge on any atom is -0.396 e. The Balaban J connectivity index is 2.68. The molecule has 0 saturated carbocycles. The van der Waals surface area contributed by atoms with Crippen LogP contribution in [0.25, 0.3) is 0 Å². The van der Waals surface area contributed by atoms with Crippen LogP contribution >= 0.6 is 0 Å². The lowest BCUT2D eigenvalue weighted by Crippen LogP contribution is -2.20. The summed E-state index contributed by atoms with van der Waals surface area (Å²) in [6.45, 7) is 9.49. The molecule has 0 aliphatic heterocycles. The highest BCUT2D eigenvalue weighted by Gasteiger charge is 2.23. The Bertz CT molecular complexity index is 344. The average Bonchev–Trinajstić information content (AvgIpc) is 2.45. The molecular weight excluding hydrogens is 244 g/mol. The van der Waals surface area contributed by atoms with E-state index in [0.29, 0.717) is 5.92 Å². The normalized spacial score (nSPS) is 16.1. The number of unbranched alkanes of at least 4 members (excludes halogenated alkanes) is 1. The van der Waals surface area contributed by atoms with Crippen molar-refractivity contribution in [3.8, 4) is 0 Å². The van der Waals surface area contributed by atoms with Crippen LogP contribution in [-0.4, -0.2) is 11.7 Å². The SMILES string of the molecule is CCCCC(CC(C)[C@H](CO)c1ccccc1)C(C)C. The van der Waals surface area contributed by atoms with Crippen molar-refractivity contribution < 1.29 is 5.11 Å². The molecule has 1 aromatic rings. The topological polar surface area (TPSA) is 20.2 Å². The third kappa shape index (κ3) is 5.28. The van der Waals surface area contributed by atoms with E-state index in [0.717, 1.165) is 11.8 Å². The summed E-state index contributed by atoms with van der Waals surface area (Å²) in [7, 11) is 0. The number of hydrogen-bond acceptors (Lipinski definition) is 1. The molecule has 0 aliphatic rings. The van der Waals surface area contributed by atoms with Crippen molar-refractivity contribution in [3.63, 3.8) is 0 Å². The molecule has 1 N–H and O–H groups in total. The van der Waals surface area contributed by atoms with Crippen molar-refractivity contribution in [2.24, 2.45) is 17.8 Å². The Morgan fingerprint density at radius 3 is 2.20 bits per heavy atom. The van der Waals surface area contributed by atoms with Crippen LogP contribution in [0.1, 0.15) is 64.9 Å². The highest BCUT2D eigenvalue weighted by Crippen LogP contribution is 2.33. The molecule has 114 valence electrons. The molecule has 2 unspecified atom stereocenters. The Labute approximate surface area is 125 Å². The summed E-state index contributed by atoms with van der Waals surface area (Å²) < 4.78 is 0. The summed E-state index contributed by atoms with van der Waals surface area (Å²) in [5.74, 6) is 2.33. The summed E-state index contributed by atoms with van der Waals surface area (Å²) in [4.78, 5) is 0. The second kappa shape index (κ2) is 9.18. The predicted molar refractivity (Wildman–Crippen MR) is 87.9 cm³/mol. The van der Waals surface area contributed by atoms with Crippen molar-refractivity contribution in [3.05, 3.63) is 35.9 Å². The van der Waals surface area contributed by atoms with E-state index in [2.05, 4.69) is 52.0 Å². The standard InChI is InChI=1S/C19H32O/c1-5-6-10-18(15(2)3)13-16(4)19(14-20)17-11-8-7-9-12-17/h7-9,11-12,15-16,18-20H,5-6,10,13-14H2,1-4H3/t16?,18?,19-/m0/s1. The minimum atomic E-state index is 0.254. The maximum atomic E-state index is 9.78. The van der Waals surface area contributed by atoms with Gasteiger partial charge in [-0.1, -0.05) is 77.3 Å². The fraction of sp³-hybridized carbons (Fsp3) is 0.684. The molecule has 1 rings (SSSR count). The smallest absolute Gasteiger partial charge is 0.0502 e. The lowest BCUT2D eigenvalue weighted by atomic mass is 9.77. The fourth-order valence-corrected chi connectivity index (χ4v) is 3.15. The molecule has 0 fully saturated rings. The van der Waals surface area contributed by atoms with E-state index in [-0.39, 0.29) is 12.5 Å². The summed E-state index contributed by atoms with van der Waals surface area (Å²) in [5, 5.41) is 9.78. The van der Waals surface area contributed by atoms with E-state index in [1.54, 1.807) is 0 Å². The third-order valence-electron chi connectivity index (χ3n) is 4.66. The molecule has 0 aromatic heterocycles. The van der Waals surface area contributed by atoms with Crippen molar-refractivity contribution in [1.82, 2.24) is 0 Å². The number of aliphatic hydroxyl groups excluding tert-OH is 1. The predicted octanol–water partition coefficient (Wildman–Crippen LogP) is 5.25. The molecule has 3 atom stereocenters. The van der Waals surface area contributed by atoms with Crippen molar-refractivity contribution in [1.29, 1.82) is 0 Å². The fourth-order valence-electron chi connectivity index (χ4n) is 3.15. The summed E-state index contributed by atoms with van der Waals surface area (Å²) in [5.41, 5.74) is 1.28. The van der Waals surface area contributed by atoms with Gasteiger partial charge in [-0.2, -0.15) is 0 Å². The van der Waals surface area contributed by atoms with E-state index in [1.165, 1.54) is 31.2 Å². The van der Waals surface area contributed by atoms with Crippen LogP contribution in [0.3, 0.4) is 0 Å². The molecule has 0 amide bonds. The van der Waals surface area contributed by atoms with Crippen LogP contribution in [0, 0.1) is 17.8 Å². The zero-order chi connectivity index (χ0) is 15.0. The van der Waals surface area contributed by atoms with E-state index in [4.69, 9.17) is 0 Å². The van der Waals surface area contributed by atoms with Gasteiger partial charge in [0.25, 0.3) is 0 Å². The van der Waals surface area contributed by atoms with Gasteiger partial charge in [-0.3, -0.25) is 0 Å². The van der Waals surface area contributed by atoms with Gasteiger partial charge in [0.2, 0.25) is 0 Å². The summed E-state index contributed by atoms with van der Waals surface area (Å²) >= 11 is 0. The quantitative estimate of drug-likeness (QED) is 0.653. The molecule has 1 heteroatoms. The average molecular weight is 276 g/mol. The van der Waals surface area contributed by atoms with E-state index >= 15 is 0 Å². The molecule has 0 spiro atoms. The maximum Gasteiger partial charge on any atom is 0.0502 e. The number of benzene rings is 1. The van der Waals surface area contributed by atoms with Gasteiger partial charge < -0.3 is 5.11 Å². The Hall–Kier alpha value is -0.820. The second-order valence-corrected chi connectivity index (χ2v) is 6.56. The van der Waals surface area contributed by atoms with Crippen LogP contribution in [0.2, 0.25) is 0 Å². The Morgan fingerprint density at radius 1 is 1.05 bits per heavy atom. The first-order valence-corrected chi connectivity index (χ1v) is 8.25. The first kappa shape index (κ1) is 17.2. The molecule has 0 bridgehead atoms. The van der Waals surface area contributed by atoms with Gasteiger partial charge in [0.15, 0.2) is 0 Å². The van der Waals surface area contributed by atoms with Gasteiger partial charge in [-0.15, -0.1) is 0 Å². The number of rotatable bonds is 9. The maximum absolute atomic E-state index is 9.78.